The normalized spacial score (nSPS) is 23.4. The van der Waals surface area contributed by atoms with E-state index in [2.05, 4.69) is 11.4 Å². The van der Waals surface area contributed by atoms with E-state index in [0.717, 1.165) is 18.9 Å². The molecule has 1 unspecified atom stereocenters. The van der Waals surface area contributed by atoms with Gasteiger partial charge in [0.15, 0.2) is 0 Å². The number of nitrogens with one attached hydrogen (secondary N) is 1. The monoisotopic (exact) mass is 231 g/mol. The molecule has 1 saturated carbocycles. The van der Waals surface area contributed by atoms with Crippen molar-refractivity contribution in [1.29, 1.82) is 0 Å². The van der Waals surface area contributed by atoms with Gasteiger partial charge in [0.05, 0.1) is 0 Å². The van der Waals surface area contributed by atoms with Crippen LogP contribution in [0.15, 0.2) is 18.2 Å². The first-order valence-corrected chi connectivity index (χ1v) is 6.88. The van der Waals surface area contributed by atoms with Gasteiger partial charge in [0.1, 0.15) is 5.75 Å². The molecule has 2 aliphatic carbocycles. The van der Waals surface area contributed by atoms with Crippen molar-refractivity contribution in [2.75, 3.05) is 6.54 Å². The Morgan fingerprint density at radius 2 is 2.12 bits per heavy atom. The number of aryl methyl sites for hydroxylation is 1. The minimum Gasteiger partial charge on any atom is -0.508 e. The average Bonchev–Trinajstić information content (AvgIpc) is 2.64. The molecule has 0 saturated heterocycles. The van der Waals surface area contributed by atoms with Crippen LogP contribution in [0.5, 0.6) is 5.75 Å². The Hall–Kier alpha value is -1.02. The first-order chi connectivity index (χ1) is 8.33. The van der Waals surface area contributed by atoms with E-state index in [1.807, 2.05) is 12.1 Å². The third-order valence-electron chi connectivity index (χ3n) is 4.37. The van der Waals surface area contributed by atoms with Gasteiger partial charge in [0.25, 0.3) is 0 Å². The molecule has 1 aromatic rings. The van der Waals surface area contributed by atoms with Crippen LogP contribution in [-0.4, -0.2) is 11.7 Å². The molecule has 2 heteroatoms. The molecule has 1 atom stereocenters. The maximum Gasteiger partial charge on any atom is 0.115 e. The molecule has 0 aliphatic heterocycles. The number of benzene rings is 1. The molecule has 2 aliphatic rings. The zero-order valence-electron chi connectivity index (χ0n) is 10.3. The quantitative estimate of drug-likeness (QED) is 0.834. The standard InChI is InChI=1S/C15H21NO/c17-13-5-6-14-12(10-13)4-7-15(14)16-9-8-11-2-1-3-11/h5-6,10-11,15-17H,1-4,7-9H2. The van der Waals surface area contributed by atoms with Crippen LogP contribution in [0.4, 0.5) is 0 Å². The summed E-state index contributed by atoms with van der Waals surface area (Å²) < 4.78 is 0. The van der Waals surface area contributed by atoms with Gasteiger partial charge in [0, 0.05) is 6.04 Å². The molecule has 2 nitrogen and oxygen atoms in total. The van der Waals surface area contributed by atoms with E-state index in [1.165, 1.54) is 43.2 Å². The van der Waals surface area contributed by atoms with Crippen molar-refractivity contribution in [3.8, 4) is 5.75 Å². The molecular formula is C15H21NO. The van der Waals surface area contributed by atoms with E-state index in [1.54, 1.807) is 0 Å². The lowest BCUT2D eigenvalue weighted by atomic mass is 9.83. The molecule has 0 heterocycles. The van der Waals surface area contributed by atoms with Gasteiger partial charge in [-0.25, -0.2) is 0 Å². The number of phenols is 1. The molecular weight excluding hydrogens is 210 g/mol. The highest BCUT2D eigenvalue weighted by atomic mass is 16.3. The minimum atomic E-state index is 0.402. The summed E-state index contributed by atoms with van der Waals surface area (Å²) in [6.07, 6.45) is 7.95. The van der Waals surface area contributed by atoms with Crippen LogP contribution in [0, 0.1) is 5.92 Å². The van der Waals surface area contributed by atoms with E-state index >= 15 is 0 Å². The van der Waals surface area contributed by atoms with Crippen molar-refractivity contribution in [3.05, 3.63) is 29.3 Å². The predicted molar refractivity (Wildman–Crippen MR) is 69.1 cm³/mol. The van der Waals surface area contributed by atoms with Crippen LogP contribution in [0.3, 0.4) is 0 Å². The van der Waals surface area contributed by atoms with Gasteiger partial charge in [-0.1, -0.05) is 25.3 Å². The molecule has 0 amide bonds. The van der Waals surface area contributed by atoms with Crippen molar-refractivity contribution < 1.29 is 5.11 Å². The SMILES string of the molecule is Oc1ccc2c(c1)CCC2NCCC1CCC1. The van der Waals surface area contributed by atoms with Gasteiger partial charge >= 0.3 is 0 Å². The lowest BCUT2D eigenvalue weighted by Crippen LogP contribution is -2.24. The Morgan fingerprint density at radius 3 is 2.88 bits per heavy atom. The summed E-state index contributed by atoms with van der Waals surface area (Å²) in [6.45, 7) is 1.15. The Bertz CT molecular complexity index is 398. The average molecular weight is 231 g/mol. The van der Waals surface area contributed by atoms with Gasteiger partial charge in [-0.3, -0.25) is 0 Å². The zero-order valence-corrected chi connectivity index (χ0v) is 10.3. The second-order valence-electron chi connectivity index (χ2n) is 5.51. The third-order valence-corrected chi connectivity index (χ3v) is 4.37. The third kappa shape index (κ3) is 2.32. The van der Waals surface area contributed by atoms with Crippen molar-refractivity contribution >= 4 is 0 Å². The Balaban J connectivity index is 1.55. The summed E-state index contributed by atoms with van der Waals surface area (Å²) in [4.78, 5) is 0. The molecule has 2 N–H and O–H groups in total. The molecule has 1 fully saturated rings. The van der Waals surface area contributed by atoms with Crippen molar-refractivity contribution in [2.24, 2.45) is 5.92 Å². The first-order valence-electron chi connectivity index (χ1n) is 6.88. The maximum atomic E-state index is 9.45. The van der Waals surface area contributed by atoms with E-state index in [4.69, 9.17) is 0 Å². The fourth-order valence-corrected chi connectivity index (χ4v) is 3.06. The number of phenolic OH excluding ortho intramolecular Hbond substituents is 1. The predicted octanol–water partition coefficient (Wildman–Crippen LogP) is 3.16. The second-order valence-corrected chi connectivity index (χ2v) is 5.51. The van der Waals surface area contributed by atoms with Crippen LogP contribution in [0.25, 0.3) is 0 Å². The van der Waals surface area contributed by atoms with Crippen LogP contribution in [-0.2, 0) is 6.42 Å². The Morgan fingerprint density at radius 1 is 1.24 bits per heavy atom. The molecule has 1 aromatic carbocycles. The number of fused-ring (bicyclic) bond motifs is 1. The lowest BCUT2D eigenvalue weighted by Gasteiger charge is -2.26. The molecule has 0 radical (unpaired) electrons. The fourth-order valence-electron chi connectivity index (χ4n) is 3.06. The number of rotatable bonds is 4. The molecule has 0 bridgehead atoms. The molecule has 17 heavy (non-hydrogen) atoms. The molecule has 92 valence electrons. The summed E-state index contributed by atoms with van der Waals surface area (Å²) in [7, 11) is 0. The van der Waals surface area contributed by atoms with E-state index in [0.29, 0.717) is 11.8 Å². The minimum absolute atomic E-state index is 0.402. The number of aromatic hydroxyl groups is 1. The highest BCUT2D eigenvalue weighted by Crippen LogP contribution is 2.34. The van der Waals surface area contributed by atoms with Crippen molar-refractivity contribution in [1.82, 2.24) is 5.32 Å². The van der Waals surface area contributed by atoms with Crippen LogP contribution >= 0.6 is 0 Å². The summed E-state index contributed by atoms with van der Waals surface area (Å²) in [5.41, 5.74) is 2.72. The van der Waals surface area contributed by atoms with Gasteiger partial charge in [-0.05, 0) is 55.0 Å². The lowest BCUT2D eigenvalue weighted by molar-refractivity contribution is 0.287. The van der Waals surface area contributed by atoms with Crippen molar-refractivity contribution in [3.63, 3.8) is 0 Å². The van der Waals surface area contributed by atoms with Crippen LogP contribution < -0.4 is 5.32 Å². The van der Waals surface area contributed by atoms with E-state index in [9.17, 15) is 5.11 Å². The topological polar surface area (TPSA) is 32.3 Å². The Kier molecular flexibility index (Phi) is 3.06. The van der Waals surface area contributed by atoms with E-state index < -0.39 is 0 Å². The molecule has 0 aromatic heterocycles. The van der Waals surface area contributed by atoms with Crippen LogP contribution in [0.2, 0.25) is 0 Å². The summed E-state index contributed by atoms with van der Waals surface area (Å²) in [5, 5.41) is 13.1. The van der Waals surface area contributed by atoms with Crippen LogP contribution in [0.1, 0.15) is 49.3 Å². The molecule has 0 spiro atoms. The smallest absolute Gasteiger partial charge is 0.115 e. The van der Waals surface area contributed by atoms with Gasteiger partial charge in [-0.15, -0.1) is 0 Å². The van der Waals surface area contributed by atoms with Gasteiger partial charge < -0.3 is 10.4 Å². The highest BCUT2D eigenvalue weighted by Gasteiger charge is 2.23. The summed E-state index contributed by atoms with van der Waals surface area (Å²) >= 11 is 0. The number of hydrogen-bond acceptors (Lipinski definition) is 2. The fraction of sp³-hybridized carbons (Fsp3) is 0.600. The molecule has 3 rings (SSSR count). The van der Waals surface area contributed by atoms with Gasteiger partial charge in [-0.2, -0.15) is 0 Å². The van der Waals surface area contributed by atoms with Gasteiger partial charge in [0.2, 0.25) is 0 Å². The maximum absolute atomic E-state index is 9.45. The second kappa shape index (κ2) is 4.69. The number of hydrogen-bond donors (Lipinski definition) is 2. The van der Waals surface area contributed by atoms with Crippen molar-refractivity contribution in [2.45, 2.75) is 44.6 Å². The summed E-state index contributed by atoms with van der Waals surface area (Å²) in [5.74, 6) is 1.39. The Labute approximate surface area is 103 Å². The van der Waals surface area contributed by atoms with E-state index in [-0.39, 0.29) is 0 Å². The summed E-state index contributed by atoms with van der Waals surface area (Å²) in [6, 6.07) is 6.33. The largest absolute Gasteiger partial charge is 0.508 e. The highest BCUT2D eigenvalue weighted by molar-refractivity contribution is 5.39. The zero-order chi connectivity index (χ0) is 11.7. The first kappa shape index (κ1) is 11.1.